The van der Waals surface area contributed by atoms with E-state index in [0.717, 1.165) is 24.6 Å². The number of aromatic hydroxyl groups is 1. The Morgan fingerprint density at radius 1 is 1.11 bits per heavy atom. The Morgan fingerprint density at radius 2 is 1.74 bits per heavy atom. The normalized spacial score (nSPS) is 11.7. The van der Waals surface area contributed by atoms with Crippen LogP contribution in [0.3, 0.4) is 0 Å². The summed E-state index contributed by atoms with van der Waals surface area (Å²) in [6, 6.07) is 8.09. The van der Waals surface area contributed by atoms with Gasteiger partial charge in [-0.25, -0.2) is 0 Å². The van der Waals surface area contributed by atoms with E-state index >= 15 is 0 Å². The zero-order valence-corrected chi connectivity index (χ0v) is 12.8. The Labute approximate surface area is 115 Å². The van der Waals surface area contributed by atoms with Crippen LogP contribution in [0.15, 0.2) is 24.3 Å². The Hall–Kier alpha value is -0.923. The van der Waals surface area contributed by atoms with Gasteiger partial charge in [0.25, 0.3) is 0 Å². The van der Waals surface area contributed by atoms with E-state index in [2.05, 4.69) is 5.32 Å². The van der Waals surface area contributed by atoms with Crippen molar-refractivity contribution in [1.29, 1.82) is 0 Å². The van der Waals surface area contributed by atoms with Gasteiger partial charge in [-0.05, 0) is 19.0 Å². The molecule has 0 aliphatic heterocycles. The highest BCUT2D eigenvalue weighted by Gasteiger charge is 2.36. The number of hydrogen-bond acceptors (Lipinski definition) is 5. The van der Waals surface area contributed by atoms with Crippen LogP contribution in [0.2, 0.25) is 6.04 Å². The number of phenolic OH excluding ortho intramolecular Hbond substituents is 1. The van der Waals surface area contributed by atoms with E-state index < -0.39 is 8.80 Å². The minimum Gasteiger partial charge on any atom is -0.508 e. The van der Waals surface area contributed by atoms with Crippen LogP contribution in [-0.4, -0.2) is 41.8 Å². The second kappa shape index (κ2) is 8.29. The average molecular weight is 285 g/mol. The largest absolute Gasteiger partial charge is 0.508 e. The molecule has 0 aliphatic rings. The van der Waals surface area contributed by atoms with Crippen molar-refractivity contribution >= 4 is 8.80 Å². The van der Waals surface area contributed by atoms with Gasteiger partial charge in [-0.15, -0.1) is 0 Å². The molecule has 0 saturated heterocycles. The summed E-state index contributed by atoms with van der Waals surface area (Å²) in [6.45, 7) is 1.47. The fraction of sp³-hybridized carbons (Fsp3) is 0.538. The molecule has 1 rings (SSSR count). The smallest absolute Gasteiger partial charge is 0.500 e. The molecule has 0 bridgehead atoms. The molecule has 0 saturated carbocycles. The molecule has 0 unspecified atom stereocenters. The Kier molecular flexibility index (Phi) is 7.04. The van der Waals surface area contributed by atoms with Crippen LogP contribution >= 0.6 is 0 Å². The van der Waals surface area contributed by atoms with Crippen molar-refractivity contribution in [3.63, 3.8) is 0 Å². The quantitative estimate of drug-likeness (QED) is 0.535. The summed E-state index contributed by atoms with van der Waals surface area (Å²) < 4.78 is 16.0. The molecule has 1 aromatic rings. The summed E-state index contributed by atoms with van der Waals surface area (Å²) in [4.78, 5) is 0. The maximum Gasteiger partial charge on any atom is 0.500 e. The van der Waals surface area contributed by atoms with Crippen LogP contribution in [0.1, 0.15) is 12.0 Å². The monoisotopic (exact) mass is 285 g/mol. The third kappa shape index (κ3) is 4.92. The Bertz CT molecular complexity index is 363. The van der Waals surface area contributed by atoms with Crippen molar-refractivity contribution in [3.8, 4) is 5.75 Å². The molecule has 0 heterocycles. The molecule has 0 amide bonds. The SMILES string of the molecule is CO[Si](CCCNCc1ccccc1O)(OC)OC. The molecule has 0 aliphatic carbocycles. The van der Waals surface area contributed by atoms with Crippen LogP contribution in [0.4, 0.5) is 0 Å². The van der Waals surface area contributed by atoms with Gasteiger partial charge in [-0.2, -0.15) is 0 Å². The van der Waals surface area contributed by atoms with Crippen LogP contribution < -0.4 is 5.32 Å². The molecule has 1 aromatic carbocycles. The van der Waals surface area contributed by atoms with Crippen molar-refractivity contribution in [2.75, 3.05) is 27.9 Å². The highest BCUT2D eigenvalue weighted by Crippen LogP contribution is 2.16. The van der Waals surface area contributed by atoms with Crippen molar-refractivity contribution in [2.45, 2.75) is 19.0 Å². The fourth-order valence-corrected chi connectivity index (χ4v) is 3.59. The molecule has 5 nitrogen and oxygen atoms in total. The number of phenols is 1. The topological polar surface area (TPSA) is 60.0 Å². The molecule has 0 fully saturated rings. The minimum absolute atomic E-state index is 0.324. The molecular formula is C13H23NO4Si. The van der Waals surface area contributed by atoms with Crippen LogP contribution in [-0.2, 0) is 19.8 Å². The first-order chi connectivity index (χ1) is 9.17. The van der Waals surface area contributed by atoms with E-state index in [0.29, 0.717) is 12.3 Å². The van der Waals surface area contributed by atoms with E-state index in [9.17, 15) is 5.11 Å². The maximum atomic E-state index is 9.62. The number of para-hydroxylation sites is 1. The van der Waals surface area contributed by atoms with Gasteiger partial charge in [-0.1, -0.05) is 18.2 Å². The summed E-state index contributed by atoms with van der Waals surface area (Å²) in [6.07, 6.45) is 0.898. The third-order valence-corrected chi connectivity index (χ3v) is 5.91. The lowest BCUT2D eigenvalue weighted by atomic mass is 10.2. The average Bonchev–Trinajstić information content (AvgIpc) is 2.45. The molecule has 0 atom stereocenters. The second-order valence-electron chi connectivity index (χ2n) is 4.20. The van der Waals surface area contributed by atoms with Crippen LogP contribution in [0.5, 0.6) is 5.75 Å². The lowest BCUT2D eigenvalue weighted by molar-refractivity contribution is 0.123. The molecule has 0 spiro atoms. The standard InChI is InChI=1S/C13H23NO4Si/c1-16-19(17-2,18-3)10-6-9-14-11-12-7-4-5-8-13(12)15/h4-5,7-8,14-15H,6,9-11H2,1-3H3. The maximum absolute atomic E-state index is 9.62. The summed E-state index contributed by atoms with van der Waals surface area (Å²) in [5, 5.41) is 12.9. The fourth-order valence-electron chi connectivity index (χ4n) is 1.87. The first kappa shape index (κ1) is 16.1. The first-order valence-corrected chi connectivity index (χ1v) is 8.23. The molecule has 0 aromatic heterocycles. The van der Waals surface area contributed by atoms with Crippen LogP contribution in [0.25, 0.3) is 0 Å². The Balaban J connectivity index is 2.26. The predicted octanol–water partition coefficient (Wildman–Crippen LogP) is 1.75. The van der Waals surface area contributed by atoms with Gasteiger partial charge in [0.05, 0.1) is 0 Å². The lowest BCUT2D eigenvalue weighted by Crippen LogP contribution is -2.43. The summed E-state index contributed by atoms with van der Waals surface area (Å²) in [5.41, 5.74) is 0.899. The lowest BCUT2D eigenvalue weighted by Gasteiger charge is -2.24. The summed E-state index contributed by atoms with van der Waals surface area (Å²) in [5.74, 6) is 0.324. The highest BCUT2D eigenvalue weighted by molar-refractivity contribution is 6.60. The molecule has 6 heteroatoms. The van der Waals surface area contributed by atoms with Crippen molar-refractivity contribution in [3.05, 3.63) is 29.8 Å². The van der Waals surface area contributed by atoms with E-state index in [1.807, 2.05) is 18.2 Å². The minimum atomic E-state index is -2.45. The van der Waals surface area contributed by atoms with Gasteiger partial charge < -0.3 is 23.7 Å². The van der Waals surface area contributed by atoms with Gasteiger partial charge in [0.2, 0.25) is 0 Å². The highest BCUT2D eigenvalue weighted by atomic mass is 28.4. The van der Waals surface area contributed by atoms with E-state index in [1.54, 1.807) is 27.4 Å². The van der Waals surface area contributed by atoms with Crippen molar-refractivity contribution in [1.82, 2.24) is 5.32 Å². The number of hydrogen-bond donors (Lipinski definition) is 2. The second-order valence-corrected chi connectivity index (χ2v) is 7.30. The molecule has 2 N–H and O–H groups in total. The van der Waals surface area contributed by atoms with Crippen LogP contribution in [0, 0.1) is 0 Å². The number of nitrogens with one attached hydrogen (secondary N) is 1. The number of benzene rings is 1. The van der Waals surface area contributed by atoms with E-state index in [4.69, 9.17) is 13.3 Å². The Morgan fingerprint density at radius 3 is 2.32 bits per heavy atom. The first-order valence-electron chi connectivity index (χ1n) is 6.30. The molecular weight excluding hydrogens is 262 g/mol. The van der Waals surface area contributed by atoms with Crippen molar-refractivity contribution in [2.24, 2.45) is 0 Å². The zero-order chi connectivity index (χ0) is 14.1. The molecule has 19 heavy (non-hydrogen) atoms. The zero-order valence-electron chi connectivity index (χ0n) is 11.8. The van der Waals surface area contributed by atoms with Gasteiger partial charge >= 0.3 is 8.80 Å². The third-order valence-electron chi connectivity index (χ3n) is 3.08. The summed E-state index contributed by atoms with van der Waals surface area (Å²) >= 11 is 0. The van der Waals surface area contributed by atoms with E-state index in [1.165, 1.54) is 0 Å². The van der Waals surface area contributed by atoms with Gasteiger partial charge in [0.1, 0.15) is 5.75 Å². The summed E-state index contributed by atoms with van der Waals surface area (Å²) in [7, 11) is 2.41. The number of rotatable bonds is 9. The van der Waals surface area contributed by atoms with Gasteiger partial charge in [-0.3, -0.25) is 0 Å². The molecule has 0 radical (unpaired) electrons. The van der Waals surface area contributed by atoms with Gasteiger partial charge in [0, 0.05) is 39.5 Å². The predicted molar refractivity (Wildman–Crippen MR) is 76.0 cm³/mol. The van der Waals surface area contributed by atoms with E-state index in [-0.39, 0.29) is 0 Å². The molecule has 108 valence electrons. The van der Waals surface area contributed by atoms with Crippen molar-refractivity contribution < 1.29 is 18.4 Å². The van der Waals surface area contributed by atoms with Gasteiger partial charge in [0.15, 0.2) is 0 Å².